The van der Waals surface area contributed by atoms with Gasteiger partial charge in [0.15, 0.2) is 5.82 Å². The maximum Gasteiger partial charge on any atom is 0.162 e. The first-order chi connectivity index (χ1) is 21.8. The molecular weight excluding hydrogens is 538 g/mol. The van der Waals surface area contributed by atoms with Gasteiger partial charge in [0.05, 0.1) is 33.5 Å². The highest BCUT2D eigenvalue weighted by Gasteiger charge is 2.21. The van der Waals surface area contributed by atoms with Gasteiger partial charge in [-0.25, -0.2) is 9.97 Å². The van der Waals surface area contributed by atoms with E-state index >= 15 is 0 Å². The first-order valence-corrected chi connectivity index (χ1v) is 14.8. The molecule has 4 nitrogen and oxygen atoms in total. The van der Waals surface area contributed by atoms with Gasteiger partial charge in [0.2, 0.25) is 0 Å². The highest BCUT2D eigenvalue weighted by atomic mass is 16.3. The molecule has 0 spiro atoms. The minimum Gasteiger partial charge on any atom is -0.455 e. The Labute approximate surface area is 253 Å². The predicted molar refractivity (Wildman–Crippen MR) is 180 cm³/mol. The molecule has 44 heavy (non-hydrogen) atoms. The number of nitrogens with zero attached hydrogens (tertiary/aromatic N) is 3. The molecular formula is C40H25N3O. The monoisotopic (exact) mass is 563 g/mol. The van der Waals surface area contributed by atoms with Crippen LogP contribution in [0.2, 0.25) is 0 Å². The summed E-state index contributed by atoms with van der Waals surface area (Å²) >= 11 is 0. The molecule has 0 radical (unpaired) electrons. The zero-order chi connectivity index (χ0) is 29.0. The van der Waals surface area contributed by atoms with Crippen LogP contribution in [0.5, 0.6) is 0 Å². The zero-order valence-corrected chi connectivity index (χ0v) is 23.7. The Morgan fingerprint density at radius 2 is 1.09 bits per heavy atom. The van der Waals surface area contributed by atoms with Crippen LogP contribution in [-0.2, 0) is 0 Å². The van der Waals surface area contributed by atoms with Gasteiger partial charge in [0.25, 0.3) is 0 Å². The van der Waals surface area contributed by atoms with Crippen LogP contribution in [0.4, 0.5) is 0 Å². The normalized spacial score (nSPS) is 11.6. The lowest BCUT2D eigenvalue weighted by atomic mass is 10.1. The lowest BCUT2D eigenvalue weighted by molar-refractivity contribution is 0.673. The van der Waals surface area contributed by atoms with E-state index in [-0.39, 0.29) is 0 Å². The highest BCUT2D eigenvalue weighted by molar-refractivity contribution is 6.24. The number of hydrogen-bond acceptors (Lipinski definition) is 3. The minimum absolute atomic E-state index is 0.677. The Balaban J connectivity index is 1.34. The van der Waals surface area contributed by atoms with Crippen LogP contribution in [0.25, 0.3) is 83.3 Å². The van der Waals surface area contributed by atoms with E-state index in [1.54, 1.807) is 0 Å². The zero-order valence-electron chi connectivity index (χ0n) is 23.7. The fraction of sp³-hybridized carbons (Fsp3) is 0. The van der Waals surface area contributed by atoms with Gasteiger partial charge in [0.1, 0.15) is 11.2 Å². The molecule has 4 heteroatoms. The first-order valence-electron chi connectivity index (χ1n) is 14.8. The minimum atomic E-state index is 0.677. The molecule has 0 bridgehead atoms. The number of benzene rings is 6. The Morgan fingerprint density at radius 3 is 1.84 bits per heavy atom. The Kier molecular flexibility index (Phi) is 5.47. The maximum atomic E-state index is 6.53. The number of para-hydroxylation sites is 3. The molecule has 0 amide bonds. The molecule has 0 aliphatic carbocycles. The van der Waals surface area contributed by atoms with Crippen molar-refractivity contribution in [2.24, 2.45) is 0 Å². The van der Waals surface area contributed by atoms with Gasteiger partial charge < -0.3 is 8.98 Å². The van der Waals surface area contributed by atoms with Crippen LogP contribution in [0, 0.1) is 0 Å². The van der Waals surface area contributed by atoms with Crippen LogP contribution in [-0.4, -0.2) is 14.5 Å². The van der Waals surface area contributed by atoms with Crippen molar-refractivity contribution in [1.82, 2.24) is 14.5 Å². The number of aromatic nitrogens is 3. The summed E-state index contributed by atoms with van der Waals surface area (Å²) in [6.07, 6.45) is 0. The molecule has 6 aromatic carbocycles. The van der Waals surface area contributed by atoms with Crippen molar-refractivity contribution in [2.45, 2.75) is 0 Å². The lowest BCUT2D eigenvalue weighted by Gasteiger charge is -2.15. The lowest BCUT2D eigenvalue weighted by Crippen LogP contribution is -2.01. The van der Waals surface area contributed by atoms with Crippen LogP contribution in [0.15, 0.2) is 156 Å². The van der Waals surface area contributed by atoms with Crippen molar-refractivity contribution in [3.8, 4) is 39.6 Å². The van der Waals surface area contributed by atoms with E-state index < -0.39 is 0 Å². The smallest absolute Gasteiger partial charge is 0.162 e. The molecule has 3 heterocycles. The van der Waals surface area contributed by atoms with Crippen molar-refractivity contribution in [2.75, 3.05) is 0 Å². The van der Waals surface area contributed by atoms with Gasteiger partial charge >= 0.3 is 0 Å². The third-order valence-corrected chi connectivity index (χ3v) is 8.43. The molecule has 9 aromatic rings. The van der Waals surface area contributed by atoms with E-state index in [4.69, 9.17) is 14.4 Å². The van der Waals surface area contributed by atoms with Crippen molar-refractivity contribution < 1.29 is 4.42 Å². The molecule has 0 atom stereocenters. The van der Waals surface area contributed by atoms with E-state index in [1.165, 1.54) is 0 Å². The fourth-order valence-corrected chi connectivity index (χ4v) is 6.43. The maximum absolute atomic E-state index is 6.53. The summed E-state index contributed by atoms with van der Waals surface area (Å²) in [7, 11) is 0. The van der Waals surface area contributed by atoms with Crippen LogP contribution in [0.1, 0.15) is 0 Å². The van der Waals surface area contributed by atoms with Crippen molar-refractivity contribution in [1.29, 1.82) is 0 Å². The molecule has 3 aromatic heterocycles. The number of hydrogen-bond donors (Lipinski definition) is 0. The van der Waals surface area contributed by atoms with Gasteiger partial charge in [-0.1, -0.05) is 109 Å². The Hall–Kier alpha value is -6.00. The fourth-order valence-electron chi connectivity index (χ4n) is 6.43. The Bertz CT molecular complexity index is 2430. The van der Waals surface area contributed by atoms with Crippen LogP contribution >= 0.6 is 0 Å². The first kappa shape index (κ1) is 24.6. The van der Waals surface area contributed by atoms with E-state index in [9.17, 15) is 0 Å². The van der Waals surface area contributed by atoms with Crippen molar-refractivity contribution in [3.63, 3.8) is 0 Å². The van der Waals surface area contributed by atoms with E-state index in [2.05, 4.69) is 108 Å². The summed E-state index contributed by atoms with van der Waals surface area (Å²) in [5.41, 5.74) is 9.82. The summed E-state index contributed by atoms with van der Waals surface area (Å²) in [6.45, 7) is 0. The second-order valence-corrected chi connectivity index (χ2v) is 11.0. The Morgan fingerprint density at radius 1 is 0.477 bits per heavy atom. The van der Waals surface area contributed by atoms with E-state index in [0.29, 0.717) is 5.82 Å². The number of fused-ring (bicyclic) bond motifs is 7. The van der Waals surface area contributed by atoms with Gasteiger partial charge in [-0.15, -0.1) is 0 Å². The molecule has 206 valence electrons. The SMILES string of the molecule is c1ccc(-c2cc(-c3ccccc3)nc(-c3ccccc3-n3c4ccccc4c4c5oc6ccccc6c5ccc43)n2)cc1. The average molecular weight is 564 g/mol. The molecule has 9 rings (SSSR count). The summed E-state index contributed by atoms with van der Waals surface area (Å²) in [5.74, 6) is 0.677. The molecule has 0 fully saturated rings. The number of furan rings is 1. The van der Waals surface area contributed by atoms with Gasteiger partial charge in [-0.05, 0) is 42.5 Å². The van der Waals surface area contributed by atoms with Crippen molar-refractivity contribution in [3.05, 3.63) is 152 Å². The highest BCUT2D eigenvalue weighted by Crippen LogP contribution is 2.42. The van der Waals surface area contributed by atoms with Gasteiger partial charge in [-0.3, -0.25) is 0 Å². The standard InChI is InChI=1S/C40H25N3O/c1-3-13-26(14-4-1)32-25-33(27-15-5-2-6-16-27)42-40(41-32)31-19-8-11-21-35(31)43-34-20-10-7-18-30(34)38-36(43)24-23-29-28-17-9-12-22-37(28)44-39(29)38/h1-25H. The summed E-state index contributed by atoms with van der Waals surface area (Å²) in [5, 5.41) is 4.50. The van der Waals surface area contributed by atoms with E-state index in [1.807, 2.05) is 48.5 Å². The predicted octanol–water partition coefficient (Wildman–Crippen LogP) is 10.5. The number of rotatable bonds is 4. The molecule has 0 aliphatic rings. The molecule has 0 saturated heterocycles. The molecule has 0 unspecified atom stereocenters. The van der Waals surface area contributed by atoms with Crippen molar-refractivity contribution >= 4 is 43.7 Å². The molecule has 0 saturated carbocycles. The van der Waals surface area contributed by atoms with Crippen LogP contribution in [0.3, 0.4) is 0 Å². The topological polar surface area (TPSA) is 43.9 Å². The van der Waals surface area contributed by atoms with Gasteiger partial charge in [-0.2, -0.15) is 0 Å². The summed E-state index contributed by atoms with van der Waals surface area (Å²) < 4.78 is 8.86. The quantitative estimate of drug-likeness (QED) is 0.214. The largest absolute Gasteiger partial charge is 0.455 e. The average Bonchev–Trinajstić information content (AvgIpc) is 3.65. The third-order valence-electron chi connectivity index (χ3n) is 8.43. The second kappa shape index (κ2) is 9.79. The molecule has 0 aliphatic heterocycles. The van der Waals surface area contributed by atoms with E-state index in [0.717, 1.165) is 77.5 Å². The summed E-state index contributed by atoms with van der Waals surface area (Å²) in [4.78, 5) is 10.3. The summed E-state index contributed by atoms with van der Waals surface area (Å²) in [6, 6.07) is 52.3. The second-order valence-electron chi connectivity index (χ2n) is 11.0. The molecule has 0 N–H and O–H groups in total. The van der Waals surface area contributed by atoms with Crippen LogP contribution < -0.4 is 0 Å². The van der Waals surface area contributed by atoms with Gasteiger partial charge in [0, 0.05) is 32.8 Å². The third kappa shape index (κ3) is 3.78.